The van der Waals surface area contributed by atoms with Gasteiger partial charge in [0.1, 0.15) is 5.75 Å². The molecule has 4 rings (SSSR count). The topological polar surface area (TPSA) is 107 Å². The third-order valence-corrected chi connectivity index (χ3v) is 4.86. The minimum Gasteiger partial charge on any atom is -0.492 e. The van der Waals surface area contributed by atoms with E-state index in [1.807, 2.05) is 12.1 Å². The summed E-state index contributed by atoms with van der Waals surface area (Å²) in [6.45, 7) is 0.462. The van der Waals surface area contributed by atoms with Gasteiger partial charge in [0.15, 0.2) is 11.6 Å². The van der Waals surface area contributed by atoms with Crippen LogP contribution < -0.4 is 15.4 Å². The summed E-state index contributed by atoms with van der Waals surface area (Å²) in [7, 11) is 1.31. The van der Waals surface area contributed by atoms with Gasteiger partial charge in [-0.15, -0.1) is 5.10 Å². The van der Waals surface area contributed by atoms with Crippen LogP contribution in [0.2, 0.25) is 5.02 Å². The van der Waals surface area contributed by atoms with Crippen molar-refractivity contribution in [1.82, 2.24) is 20.1 Å². The van der Waals surface area contributed by atoms with E-state index in [9.17, 15) is 9.59 Å². The van der Waals surface area contributed by atoms with Gasteiger partial charge in [0.25, 0.3) is 0 Å². The predicted octanol–water partition coefficient (Wildman–Crippen LogP) is 3.35. The molecule has 30 heavy (non-hydrogen) atoms. The molecule has 2 N–H and O–H groups in total. The lowest BCUT2D eigenvalue weighted by Crippen LogP contribution is -2.35. The van der Waals surface area contributed by atoms with Gasteiger partial charge in [0, 0.05) is 30.4 Å². The number of carbonyl (C=O) groups excluding carboxylic acids is 2. The van der Waals surface area contributed by atoms with Crippen molar-refractivity contribution in [2.75, 3.05) is 19.0 Å². The molecule has 0 aliphatic carbocycles. The van der Waals surface area contributed by atoms with Crippen molar-refractivity contribution in [1.29, 1.82) is 0 Å². The number of esters is 1. The third-order valence-electron chi connectivity index (χ3n) is 4.57. The molecule has 1 aliphatic rings. The summed E-state index contributed by atoms with van der Waals surface area (Å²) in [6, 6.07) is 9.70. The number of hydrogen-bond acceptors (Lipinski definition) is 6. The Hall–Kier alpha value is -3.59. The van der Waals surface area contributed by atoms with E-state index >= 15 is 0 Å². The maximum absolute atomic E-state index is 12.5. The molecule has 10 heteroatoms. The summed E-state index contributed by atoms with van der Waals surface area (Å²) in [4.78, 5) is 28.1. The largest absolute Gasteiger partial charge is 0.492 e. The molecule has 0 fully saturated rings. The predicted molar refractivity (Wildman–Crippen MR) is 109 cm³/mol. The number of rotatable bonds is 4. The molecule has 1 aromatic carbocycles. The second kappa shape index (κ2) is 8.42. The zero-order valence-electron chi connectivity index (χ0n) is 16.0. The van der Waals surface area contributed by atoms with Crippen molar-refractivity contribution in [3.63, 3.8) is 0 Å². The molecule has 2 amide bonds. The zero-order valence-corrected chi connectivity index (χ0v) is 16.7. The van der Waals surface area contributed by atoms with Crippen LogP contribution >= 0.6 is 11.6 Å². The monoisotopic (exact) mass is 427 g/mol. The number of methoxy groups -OCH3 is 1. The van der Waals surface area contributed by atoms with Crippen molar-refractivity contribution < 1.29 is 19.1 Å². The van der Waals surface area contributed by atoms with Crippen LogP contribution in [0, 0.1) is 0 Å². The fraction of sp³-hybridized carbons (Fsp3) is 0.200. The molecule has 0 spiro atoms. The molecule has 0 radical (unpaired) electrons. The highest BCUT2D eigenvalue weighted by atomic mass is 35.5. The highest BCUT2D eigenvalue weighted by molar-refractivity contribution is 6.32. The van der Waals surface area contributed by atoms with Crippen LogP contribution in [0.1, 0.15) is 28.4 Å². The first-order valence-electron chi connectivity index (χ1n) is 9.14. The normalized spacial score (nSPS) is 14.9. The second-order valence-corrected chi connectivity index (χ2v) is 6.90. The van der Waals surface area contributed by atoms with E-state index in [1.165, 1.54) is 18.0 Å². The van der Waals surface area contributed by atoms with Crippen LogP contribution in [0.3, 0.4) is 0 Å². The van der Waals surface area contributed by atoms with Gasteiger partial charge in [0.05, 0.1) is 30.3 Å². The number of aromatic nitrogens is 3. The number of para-hydroxylation sites is 1. The number of nitrogens with zero attached hydrogens (tertiary/aromatic N) is 3. The molecule has 0 saturated carbocycles. The van der Waals surface area contributed by atoms with Crippen molar-refractivity contribution in [2.45, 2.75) is 12.5 Å². The van der Waals surface area contributed by atoms with Gasteiger partial charge < -0.3 is 14.8 Å². The SMILES string of the molecule is COC(=O)c1ccc(-n2ccc(NC(=O)N[C@H]3CCOc4c(Cl)cccc43)n2)nc1. The van der Waals surface area contributed by atoms with Gasteiger partial charge in [-0.05, 0) is 18.2 Å². The number of amides is 2. The van der Waals surface area contributed by atoms with Crippen molar-refractivity contribution in [3.8, 4) is 11.6 Å². The molecule has 1 aliphatic heterocycles. The Morgan fingerprint density at radius 2 is 2.13 bits per heavy atom. The summed E-state index contributed by atoms with van der Waals surface area (Å²) in [5.74, 6) is 0.972. The minimum atomic E-state index is -0.468. The van der Waals surface area contributed by atoms with E-state index in [2.05, 4.69) is 25.5 Å². The van der Waals surface area contributed by atoms with E-state index in [4.69, 9.17) is 16.3 Å². The lowest BCUT2D eigenvalue weighted by atomic mass is 10.0. The number of ether oxygens (including phenoxy) is 2. The Balaban J connectivity index is 1.42. The second-order valence-electron chi connectivity index (χ2n) is 6.49. The van der Waals surface area contributed by atoms with Crippen LogP contribution in [-0.4, -0.2) is 40.5 Å². The van der Waals surface area contributed by atoms with Gasteiger partial charge in [-0.3, -0.25) is 5.32 Å². The highest BCUT2D eigenvalue weighted by Gasteiger charge is 2.24. The average Bonchev–Trinajstić information content (AvgIpc) is 3.22. The van der Waals surface area contributed by atoms with E-state index < -0.39 is 12.0 Å². The van der Waals surface area contributed by atoms with Gasteiger partial charge in [0.2, 0.25) is 0 Å². The minimum absolute atomic E-state index is 0.220. The van der Waals surface area contributed by atoms with E-state index in [-0.39, 0.29) is 6.04 Å². The molecule has 0 saturated heterocycles. The summed E-state index contributed by atoms with van der Waals surface area (Å²) in [5, 5.41) is 10.4. The Morgan fingerprint density at radius 1 is 1.27 bits per heavy atom. The highest BCUT2D eigenvalue weighted by Crippen LogP contribution is 2.37. The van der Waals surface area contributed by atoms with Gasteiger partial charge in [-0.25, -0.2) is 19.3 Å². The molecule has 154 valence electrons. The molecule has 2 aromatic heterocycles. The summed E-state index contributed by atoms with van der Waals surface area (Å²) in [5.41, 5.74) is 1.17. The van der Waals surface area contributed by atoms with Gasteiger partial charge in [-0.2, -0.15) is 0 Å². The number of pyridine rings is 1. The van der Waals surface area contributed by atoms with E-state index in [0.717, 1.165) is 5.56 Å². The van der Waals surface area contributed by atoms with Gasteiger partial charge >= 0.3 is 12.0 Å². The van der Waals surface area contributed by atoms with Crippen LogP contribution in [-0.2, 0) is 4.74 Å². The standard InChI is InChI=1S/C20H18ClN5O4/c1-29-19(27)12-5-6-17(22-11-12)26-9-7-16(25-26)24-20(28)23-15-8-10-30-18-13(15)3-2-4-14(18)21/h2-7,9,11,15H,8,10H2,1H3,(H2,23,24,25,28)/t15-/m0/s1. The van der Waals surface area contributed by atoms with Crippen LogP contribution in [0.5, 0.6) is 5.75 Å². The molecule has 9 nitrogen and oxygen atoms in total. The van der Waals surface area contributed by atoms with Crippen molar-refractivity contribution >= 4 is 29.4 Å². The van der Waals surface area contributed by atoms with Crippen molar-refractivity contribution in [2.24, 2.45) is 0 Å². The van der Waals surface area contributed by atoms with Crippen molar-refractivity contribution in [3.05, 3.63) is 64.9 Å². The lowest BCUT2D eigenvalue weighted by molar-refractivity contribution is 0.0600. The maximum Gasteiger partial charge on any atom is 0.339 e. The van der Waals surface area contributed by atoms with E-state index in [1.54, 1.807) is 30.5 Å². The fourth-order valence-corrected chi connectivity index (χ4v) is 3.36. The molecule has 0 bridgehead atoms. The Labute approximate surface area is 177 Å². The van der Waals surface area contributed by atoms with Gasteiger partial charge in [-0.1, -0.05) is 23.7 Å². The number of anilines is 1. The molecular weight excluding hydrogens is 410 g/mol. The molecule has 1 atom stereocenters. The Kier molecular flexibility index (Phi) is 5.53. The summed E-state index contributed by atoms with van der Waals surface area (Å²) >= 11 is 6.17. The number of halogens is 1. The molecule has 3 aromatic rings. The van der Waals surface area contributed by atoms with Crippen LogP contribution in [0.4, 0.5) is 10.6 Å². The average molecular weight is 428 g/mol. The summed E-state index contributed by atoms with van der Waals surface area (Å²) in [6.07, 6.45) is 3.68. The quantitative estimate of drug-likeness (QED) is 0.618. The molecule has 3 heterocycles. The number of nitrogens with one attached hydrogen (secondary N) is 2. The first-order valence-corrected chi connectivity index (χ1v) is 9.52. The number of carbonyl (C=O) groups is 2. The zero-order chi connectivity index (χ0) is 21.1. The Bertz CT molecular complexity index is 1080. The van der Waals surface area contributed by atoms with Crippen LogP contribution in [0.25, 0.3) is 5.82 Å². The molecular formula is C20H18ClN5O4. The third kappa shape index (κ3) is 4.06. The Morgan fingerprint density at radius 3 is 2.90 bits per heavy atom. The molecule has 0 unspecified atom stereocenters. The first kappa shape index (κ1) is 19.7. The van der Waals surface area contributed by atoms with E-state index in [0.29, 0.717) is 41.0 Å². The number of hydrogen-bond donors (Lipinski definition) is 2. The maximum atomic E-state index is 12.5. The number of benzene rings is 1. The smallest absolute Gasteiger partial charge is 0.339 e. The number of urea groups is 1. The number of fused-ring (bicyclic) bond motifs is 1. The summed E-state index contributed by atoms with van der Waals surface area (Å²) < 4.78 is 11.7. The first-order chi connectivity index (χ1) is 14.5. The van der Waals surface area contributed by atoms with Crippen LogP contribution in [0.15, 0.2) is 48.8 Å². The lowest BCUT2D eigenvalue weighted by Gasteiger charge is -2.27. The fourth-order valence-electron chi connectivity index (χ4n) is 3.13.